The van der Waals surface area contributed by atoms with E-state index in [9.17, 15) is 13.2 Å². The lowest BCUT2D eigenvalue weighted by Crippen LogP contribution is -2.05. The van der Waals surface area contributed by atoms with E-state index >= 15 is 0 Å². The number of rotatable bonds is 0. The number of halogens is 4. The normalized spacial score (nSPS) is 12.0. The van der Waals surface area contributed by atoms with E-state index in [1.165, 1.54) is 6.07 Å². The molecular weight excluding hydrogens is 287 g/mol. The first-order chi connectivity index (χ1) is 7.38. The van der Waals surface area contributed by atoms with Gasteiger partial charge in [0.2, 0.25) is 0 Å². The number of aromatic nitrogens is 2. The molecule has 0 spiro atoms. The van der Waals surface area contributed by atoms with Crippen molar-refractivity contribution in [1.82, 2.24) is 9.97 Å². The molecule has 1 aromatic heterocycles. The van der Waals surface area contributed by atoms with E-state index in [4.69, 9.17) is 5.73 Å². The molecule has 2 aromatic rings. The Balaban J connectivity index is 2.71. The highest BCUT2D eigenvalue weighted by Gasteiger charge is 2.30. The summed E-state index contributed by atoms with van der Waals surface area (Å²) in [6.07, 6.45) is -4.39. The monoisotopic (exact) mass is 291 g/mol. The second kappa shape index (κ2) is 3.58. The lowest BCUT2D eigenvalue weighted by atomic mass is 10.1. The molecule has 16 heavy (non-hydrogen) atoms. The number of fused-ring (bicyclic) bond motifs is 1. The standard InChI is InChI=1S/C9H5BrF3N3/c10-8-15-6-3-4(9(11,12)13)1-2-5(6)7(14)16-8/h1-3H,(H2,14,15,16). The minimum Gasteiger partial charge on any atom is -0.383 e. The molecule has 2 rings (SSSR count). The van der Waals surface area contributed by atoms with Crippen molar-refractivity contribution in [3.63, 3.8) is 0 Å². The summed E-state index contributed by atoms with van der Waals surface area (Å²) in [7, 11) is 0. The SMILES string of the molecule is Nc1nc(Br)nc2cc(C(F)(F)F)ccc12. The summed E-state index contributed by atoms with van der Waals surface area (Å²) in [5.41, 5.74) is 4.96. The molecule has 0 aliphatic rings. The lowest BCUT2D eigenvalue weighted by Gasteiger charge is -2.08. The minimum atomic E-state index is -4.39. The van der Waals surface area contributed by atoms with Crippen LogP contribution in [0.5, 0.6) is 0 Å². The summed E-state index contributed by atoms with van der Waals surface area (Å²) in [5, 5.41) is 0.399. The molecule has 0 saturated heterocycles. The van der Waals surface area contributed by atoms with Crippen LogP contribution in [0.15, 0.2) is 22.9 Å². The van der Waals surface area contributed by atoms with E-state index in [1.54, 1.807) is 0 Å². The number of nitrogens with zero attached hydrogens (tertiary/aromatic N) is 2. The molecule has 1 aromatic carbocycles. The van der Waals surface area contributed by atoms with Crippen LogP contribution >= 0.6 is 15.9 Å². The molecule has 0 aliphatic carbocycles. The molecule has 0 unspecified atom stereocenters. The summed E-state index contributed by atoms with van der Waals surface area (Å²) in [4.78, 5) is 7.63. The Bertz CT molecular complexity index is 553. The largest absolute Gasteiger partial charge is 0.416 e. The average Bonchev–Trinajstić information content (AvgIpc) is 2.15. The van der Waals surface area contributed by atoms with Crippen molar-refractivity contribution in [2.75, 3.05) is 5.73 Å². The zero-order valence-electron chi connectivity index (χ0n) is 7.72. The molecule has 0 aliphatic heterocycles. The zero-order chi connectivity index (χ0) is 11.9. The third kappa shape index (κ3) is 1.95. The molecule has 7 heteroatoms. The number of alkyl halides is 3. The number of nitrogen functional groups attached to an aromatic ring is 1. The summed E-state index contributed by atoms with van der Waals surface area (Å²) in [6, 6.07) is 3.16. The first-order valence-corrected chi connectivity index (χ1v) is 4.97. The van der Waals surface area contributed by atoms with Gasteiger partial charge in [0.05, 0.1) is 11.1 Å². The first kappa shape index (κ1) is 11.1. The molecule has 0 amide bonds. The number of hydrogen-bond donors (Lipinski definition) is 1. The van der Waals surface area contributed by atoms with Crippen molar-refractivity contribution >= 4 is 32.7 Å². The molecule has 84 valence electrons. The summed E-state index contributed by atoms with van der Waals surface area (Å²) < 4.78 is 37.5. The highest BCUT2D eigenvalue weighted by atomic mass is 79.9. The van der Waals surface area contributed by atoms with Crippen LogP contribution in [0.25, 0.3) is 10.9 Å². The van der Waals surface area contributed by atoms with E-state index < -0.39 is 11.7 Å². The van der Waals surface area contributed by atoms with Gasteiger partial charge in [-0.25, -0.2) is 9.97 Å². The van der Waals surface area contributed by atoms with Crippen LogP contribution in [-0.4, -0.2) is 9.97 Å². The van der Waals surface area contributed by atoms with Crippen LogP contribution in [0.1, 0.15) is 5.56 Å². The Morgan fingerprint density at radius 1 is 1.19 bits per heavy atom. The van der Waals surface area contributed by atoms with Gasteiger partial charge in [0, 0.05) is 5.39 Å². The third-order valence-corrected chi connectivity index (χ3v) is 2.38. The molecule has 3 nitrogen and oxygen atoms in total. The van der Waals surface area contributed by atoms with Crippen LogP contribution in [0.3, 0.4) is 0 Å². The Hall–Kier alpha value is -1.37. The van der Waals surface area contributed by atoms with Gasteiger partial charge in [-0.3, -0.25) is 0 Å². The van der Waals surface area contributed by atoms with Gasteiger partial charge in [-0.15, -0.1) is 0 Å². The number of benzene rings is 1. The predicted octanol–water partition coefficient (Wildman–Crippen LogP) is 2.99. The molecule has 2 N–H and O–H groups in total. The van der Waals surface area contributed by atoms with Gasteiger partial charge in [0.25, 0.3) is 0 Å². The van der Waals surface area contributed by atoms with E-state index in [0.29, 0.717) is 5.39 Å². The summed E-state index contributed by atoms with van der Waals surface area (Å²) in [5.74, 6) is 0.144. The molecule has 0 radical (unpaired) electrons. The minimum absolute atomic E-state index is 0.144. The smallest absolute Gasteiger partial charge is 0.383 e. The molecule has 0 bridgehead atoms. The van der Waals surface area contributed by atoms with Crippen molar-refractivity contribution in [3.05, 3.63) is 28.5 Å². The van der Waals surface area contributed by atoms with Crippen LogP contribution < -0.4 is 5.73 Å². The Morgan fingerprint density at radius 2 is 1.88 bits per heavy atom. The van der Waals surface area contributed by atoms with Gasteiger partial charge in [-0.05, 0) is 34.1 Å². The fourth-order valence-electron chi connectivity index (χ4n) is 1.30. The Kier molecular flexibility index (Phi) is 2.49. The van der Waals surface area contributed by atoms with E-state index in [2.05, 4.69) is 25.9 Å². The van der Waals surface area contributed by atoms with Crippen LogP contribution in [0.4, 0.5) is 19.0 Å². The molecule has 1 heterocycles. The Morgan fingerprint density at radius 3 is 2.50 bits per heavy atom. The van der Waals surface area contributed by atoms with Crippen LogP contribution in [-0.2, 0) is 6.18 Å². The average molecular weight is 292 g/mol. The van der Waals surface area contributed by atoms with Crippen molar-refractivity contribution in [3.8, 4) is 0 Å². The van der Waals surface area contributed by atoms with Gasteiger partial charge in [-0.2, -0.15) is 13.2 Å². The summed E-state index contributed by atoms with van der Waals surface area (Å²) >= 11 is 2.97. The maximum Gasteiger partial charge on any atom is 0.416 e. The maximum absolute atomic E-state index is 12.4. The second-order valence-electron chi connectivity index (χ2n) is 3.11. The zero-order valence-corrected chi connectivity index (χ0v) is 9.30. The lowest BCUT2D eigenvalue weighted by molar-refractivity contribution is -0.137. The van der Waals surface area contributed by atoms with Crippen molar-refractivity contribution in [1.29, 1.82) is 0 Å². The fourth-order valence-corrected chi connectivity index (χ4v) is 1.68. The van der Waals surface area contributed by atoms with E-state index in [-0.39, 0.29) is 16.1 Å². The van der Waals surface area contributed by atoms with Crippen molar-refractivity contribution in [2.24, 2.45) is 0 Å². The Labute approximate surface area is 96.6 Å². The quantitative estimate of drug-likeness (QED) is 0.759. The van der Waals surface area contributed by atoms with Gasteiger partial charge in [0.15, 0.2) is 4.73 Å². The third-order valence-electron chi connectivity index (χ3n) is 2.03. The van der Waals surface area contributed by atoms with Gasteiger partial charge < -0.3 is 5.73 Å². The maximum atomic E-state index is 12.4. The van der Waals surface area contributed by atoms with Gasteiger partial charge >= 0.3 is 6.18 Å². The highest BCUT2D eigenvalue weighted by molar-refractivity contribution is 9.10. The van der Waals surface area contributed by atoms with Crippen LogP contribution in [0, 0.1) is 0 Å². The molecule has 0 atom stereocenters. The van der Waals surface area contributed by atoms with Crippen LogP contribution in [0.2, 0.25) is 0 Å². The number of anilines is 1. The van der Waals surface area contributed by atoms with Crippen molar-refractivity contribution in [2.45, 2.75) is 6.18 Å². The van der Waals surface area contributed by atoms with Gasteiger partial charge in [-0.1, -0.05) is 0 Å². The number of nitrogens with two attached hydrogens (primary N) is 1. The summed E-state index contributed by atoms with van der Waals surface area (Å²) in [6.45, 7) is 0. The molecule has 0 fully saturated rings. The second-order valence-corrected chi connectivity index (χ2v) is 3.82. The van der Waals surface area contributed by atoms with Gasteiger partial charge in [0.1, 0.15) is 5.82 Å². The van der Waals surface area contributed by atoms with E-state index in [1.807, 2.05) is 0 Å². The molecular formula is C9H5BrF3N3. The first-order valence-electron chi connectivity index (χ1n) is 4.18. The topological polar surface area (TPSA) is 51.8 Å². The predicted molar refractivity (Wildman–Crippen MR) is 56.7 cm³/mol. The molecule has 0 saturated carbocycles. The fraction of sp³-hybridized carbons (Fsp3) is 0.111. The highest BCUT2D eigenvalue weighted by Crippen LogP contribution is 2.32. The number of hydrogen-bond acceptors (Lipinski definition) is 3. The van der Waals surface area contributed by atoms with Crippen molar-refractivity contribution < 1.29 is 13.2 Å². The van der Waals surface area contributed by atoms with E-state index in [0.717, 1.165) is 12.1 Å².